The van der Waals surface area contributed by atoms with Crippen molar-refractivity contribution in [3.8, 4) is 5.88 Å². The van der Waals surface area contributed by atoms with E-state index in [0.717, 1.165) is 0 Å². The van der Waals surface area contributed by atoms with Gasteiger partial charge in [-0.15, -0.1) is 0 Å². The lowest BCUT2D eigenvalue weighted by Crippen LogP contribution is -2.53. The van der Waals surface area contributed by atoms with Gasteiger partial charge in [0.15, 0.2) is 11.7 Å². The Balaban J connectivity index is 2.23. The molecule has 0 aromatic carbocycles. The molecule has 0 aliphatic heterocycles. The lowest BCUT2D eigenvalue weighted by Gasteiger charge is -2.23. The minimum Gasteiger partial charge on any atom is -0.466 e. The van der Waals surface area contributed by atoms with E-state index < -0.39 is 0 Å². The molecular formula is C11H17N5O2S. The van der Waals surface area contributed by atoms with Gasteiger partial charge in [0.1, 0.15) is 0 Å². The van der Waals surface area contributed by atoms with Gasteiger partial charge in [-0.2, -0.15) is 0 Å². The molecule has 0 saturated carbocycles. The van der Waals surface area contributed by atoms with Crippen LogP contribution in [0.3, 0.4) is 0 Å². The van der Waals surface area contributed by atoms with Crippen LogP contribution in [0.5, 0.6) is 5.88 Å². The van der Waals surface area contributed by atoms with E-state index >= 15 is 0 Å². The second-order valence-electron chi connectivity index (χ2n) is 4.71. The summed E-state index contributed by atoms with van der Waals surface area (Å²) >= 11 is 5.00. The van der Waals surface area contributed by atoms with E-state index in [1.807, 2.05) is 20.8 Å². The summed E-state index contributed by atoms with van der Waals surface area (Å²) in [5, 5.41) is 3.32. The van der Waals surface area contributed by atoms with E-state index in [4.69, 9.17) is 17.0 Å². The third-order valence-electron chi connectivity index (χ3n) is 1.69. The molecule has 8 heteroatoms. The van der Waals surface area contributed by atoms with Crippen LogP contribution in [0.4, 0.5) is 0 Å². The summed E-state index contributed by atoms with van der Waals surface area (Å²) in [6.07, 6.45) is 4.42. The van der Waals surface area contributed by atoms with Crippen molar-refractivity contribution >= 4 is 23.2 Å². The number of rotatable bonds is 3. The van der Waals surface area contributed by atoms with Crippen molar-refractivity contribution in [1.29, 1.82) is 0 Å². The third kappa shape index (κ3) is 7.14. The van der Waals surface area contributed by atoms with Gasteiger partial charge in [-0.3, -0.25) is 20.6 Å². The Morgan fingerprint density at radius 1 is 1.37 bits per heavy atom. The van der Waals surface area contributed by atoms with Crippen LogP contribution < -0.4 is 20.9 Å². The van der Waals surface area contributed by atoms with E-state index in [9.17, 15) is 4.79 Å². The van der Waals surface area contributed by atoms with Gasteiger partial charge >= 0.3 is 0 Å². The van der Waals surface area contributed by atoms with E-state index in [1.54, 1.807) is 0 Å². The maximum absolute atomic E-state index is 11.5. The first kappa shape index (κ1) is 15.1. The van der Waals surface area contributed by atoms with Crippen LogP contribution in [0.15, 0.2) is 18.6 Å². The van der Waals surface area contributed by atoms with Crippen LogP contribution in [-0.2, 0) is 4.79 Å². The highest BCUT2D eigenvalue weighted by Gasteiger charge is 2.11. The summed E-state index contributed by atoms with van der Waals surface area (Å²) in [6, 6.07) is 0. The van der Waals surface area contributed by atoms with Gasteiger partial charge in [-0.25, -0.2) is 4.98 Å². The predicted octanol–water partition coefficient (Wildman–Crippen LogP) is 0.149. The lowest BCUT2D eigenvalue weighted by molar-refractivity contribution is -0.123. The van der Waals surface area contributed by atoms with Crippen molar-refractivity contribution in [2.45, 2.75) is 26.3 Å². The average Bonchev–Trinajstić information content (AvgIpc) is 2.33. The highest BCUT2D eigenvalue weighted by atomic mass is 32.1. The van der Waals surface area contributed by atoms with Crippen LogP contribution in [0.2, 0.25) is 0 Å². The lowest BCUT2D eigenvalue weighted by atomic mass is 10.1. The molecule has 1 aromatic rings. The topological polar surface area (TPSA) is 88.2 Å². The number of carbonyl (C=O) groups excluding carboxylic acids is 1. The number of thiocarbonyl (C=S) groups is 1. The average molecular weight is 283 g/mol. The van der Waals surface area contributed by atoms with Gasteiger partial charge in [0, 0.05) is 17.9 Å². The van der Waals surface area contributed by atoms with Gasteiger partial charge in [-0.1, -0.05) is 0 Å². The second kappa shape index (κ2) is 6.83. The smallest absolute Gasteiger partial charge is 0.276 e. The zero-order valence-electron chi connectivity index (χ0n) is 11.1. The number of ether oxygens (including phenoxy) is 1. The Hall–Kier alpha value is -1.96. The van der Waals surface area contributed by atoms with E-state index in [2.05, 4.69) is 26.1 Å². The number of aromatic nitrogens is 2. The molecule has 0 atom stereocenters. The van der Waals surface area contributed by atoms with Crippen LogP contribution >= 0.6 is 12.2 Å². The minimum atomic E-state index is -0.372. The fourth-order valence-corrected chi connectivity index (χ4v) is 1.39. The molecule has 1 heterocycles. The summed E-state index contributed by atoms with van der Waals surface area (Å²) < 4.78 is 5.11. The van der Waals surface area contributed by atoms with Crippen LogP contribution in [0.1, 0.15) is 20.8 Å². The van der Waals surface area contributed by atoms with Gasteiger partial charge in [0.05, 0.1) is 6.20 Å². The van der Waals surface area contributed by atoms with Gasteiger partial charge in [0.2, 0.25) is 5.88 Å². The number of amides is 1. The normalized spacial score (nSPS) is 10.5. The summed E-state index contributed by atoms with van der Waals surface area (Å²) in [6.45, 7) is 5.70. The SMILES string of the molecule is CC(C)(C)NC(=S)NNC(=O)COc1cnccn1. The second-order valence-corrected chi connectivity index (χ2v) is 5.12. The summed E-state index contributed by atoms with van der Waals surface area (Å²) in [7, 11) is 0. The van der Waals surface area contributed by atoms with E-state index in [1.165, 1.54) is 18.6 Å². The summed E-state index contributed by atoms with van der Waals surface area (Å²) in [5.74, 6) is -0.0863. The maximum Gasteiger partial charge on any atom is 0.276 e. The molecule has 3 N–H and O–H groups in total. The van der Waals surface area contributed by atoms with Crippen LogP contribution in [-0.4, -0.2) is 33.1 Å². The predicted molar refractivity (Wildman–Crippen MR) is 74.3 cm³/mol. The molecule has 1 aromatic heterocycles. The minimum absolute atomic E-state index is 0.176. The van der Waals surface area contributed by atoms with Crippen molar-refractivity contribution in [2.75, 3.05) is 6.61 Å². The molecule has 104 valence electrons. The Labute approximate surface area is 117 Å². The van der Waals surface area contributed by atoms with Crippen LogP contribution in [0, 0.1) is 0 Å². The molecule has 0 aliphatic rings. The fraction of sp³-hybridized carbons (Fsp3) is 0.455. The molecule has 0 unspecified atom stereocenters. The zero-order chi connectivity index (χ0) is 14.3. The molecular weight excluding hydrogens is 266 g/mol. The van der Waals surface area contributed by atoms with Gasteiger partial charge in [0.25, 0.3) is 5.91 Å². The first-order valence-electron chi connectivity index (χ1n) is 5.62. The summed E-state index contributed by atoms with van der Waals surface area (Å²) in [5.41, 5.74) is 4.81. The van der Waals surface area contributed by atoms with Crippen molar-refractivity contribution in [3.05, 3.63) is 18.6 Å². The Morgan fingerprint density at radius 2 is 2.11 bits per heavy atom. The maximum atomic E-state index is 11.5. The van der Waals surface area contributed by atoms with Gasteiger partial charge in [-0.05, 0) is 33.0 Å². The Morgan fingerprint density at radius 3 is 2.68 bits per heavy atom. The number of carbonyl (C=O) groups is 1. The zero-order valence-corrected chi connectivity index (χ0v) is 11.9. The van der Waals surface area contributed by atoms with Gasteiger partial charge < -0.3 is 10.1 Å². The van der Waals surface area contributed by atoms with Crippen molar-refractivity contribution in [3.63, 3.8) is 0 Å². The highest BCUT2D eigenvalue weighted by molar-refractivity contribution is 7.80. The number of hydrogen-bond acceptors (Lipinski definition) is 5. The molecule has 0 bridgehead atoms. The number of hydrogen-bond donors (Lipinski definition) is 3. The molecule has 0 saturated heterocycles. The third-order valence-corrected chi connectivity index (χ3v) is 1.90. The van der Waals surface area contributed by atoms with E-state index in [0.29, 0.717) is 5.11 Å². The molecule has 0 radical (unpaired) electrons. The molecule has 1 rings (SSSR count). The number of nitrogens with zero attached hydrogens (tertiary/aromatic N) is 2. The molecule has 7 nitrogen and oxygen atoms in total. The quantitative estimate of drug-likeness (QED) is 0.537. The van der Waals surface area contributed by atoms with Crippen molar-refractivity contribution in [1.82, 2.24) is 26.1 Å². The largest absolute Gasteiger partial charge is 0.466 e. The molecule has 1 amide bonds. The molecule has 0 aliphatic carbocycles. The van der Waals surface area contributed by atoms with Crippen molar-refractivity contribution < 1.29 is 9.53 Å². The number of hydrazine groups is 1. The molecule has 19 heavy (non-hydrogen) atoms. The summed E-state index contributed by atoms with van der Waals surface area (Å²) in [4.78, 5) is 19.1. The van der Waals surface area contributed by atoms with E-state index in [-0.39, 0.29) is 23.9 Å². The fourth-order valence-electron chi connectivity index (χ4n) is 1.03. The standard InChI is InChI=1S/C11H17N5O2S/c1-11(2,3)14-10(19)16-15-8(17)7-18-9-6-12-4-5-13-9/h4-6H,7H2,1-3H3,(H,15,17)(H2,14,16,19). The van der Waals surface area contributed by atoms with Crippen LogP contribution in [0.25, 0.3) is 0 Å². The first-order valence-corrected chi connectivity index (χ1v) is 6.03. The first-order chi connectivity index (χ1) is 8.87. The highest BCUT2D eigenvalue weighted by Crippen LogP contribution is 1.99. The Kier molecular flexibility index (Phi) is 5.43. The molecule has 0 fully saturated rings. The van der Waals surface area contributed by atoms with Crippen molar-refractivity contribution in [2.24, 2.45) is 0 Å². The molecule has 0 spiro atoms. The Bertz CT molecular complexity index is 432. The number of nitrogens with one attached hydrogen (secondary N) is 3. The monoisotopic (exact) mass is 283 g/mol.